The van der Waals surface area contributed by atoms with E-state index in [0.29, 0.717) is 13.2 Å². The first-order valence-corrected chi connectivity index (χ1v) is 8.63. The van der Waals surface area contributed by atoms with Gasteiger partial charge in [-0.15, -0.1) is 0 Å². The van der Waals surface area contributed by atoms with Gasteiger partial charge in [-0.25, -0.2) is 8.42 Å². The summed E-state index contributed by atoms with van der Waals surface area (Å²) in [5, 5.41) is 3.33. The first kappa shape index (κ1) is 14.2. The van der Waals surface area contributed by atoms with Gasteiger partial charge >= 0.3 is 0 Å². The Morgan fingerprint density at radius 1 is 1.39 bits per heavy atom. The average Bonchev–Trinajstić information content (AvgIpc) is 2.29. The third-order valence-electron chi connectivity index (χ3n) is 4.13. The molecule has 2 aliphatic rings. The van der Waals surface area contributed by atoms with Crippen molar-refractivity contribution in [2.24, 2.45) is 0 Å². The van der Waals surface area contributed by atoms with Gasteiger partial charge in [0.2, 0.25) is 10.0 Å². The van der Waals surface area contributed by atoms with Crippen molar-refractivity contribution in [1.82, 2.24) is 9.62 Å². The van der Waals surface area contributed by atoms with Gasteiger partial charge in [0.25, 0.3) is 0 Å². The van der Waals surface area contributed by atoms with E-state index in [-0.39, 0.29) is 11.6 Å². The van der Waals surface area contributed by atoms with Crippen molar-refractivity contribution in [1.29, 1.82) is 0 Å². The van der Waals surface area contributed by atoms with Crippen LogP contribution < -0.4 is 5.32 Å². The lowest BCUT2D eigenvalue weighted by Crippen LogP contribution is -2.53. The number of sulfonamides is 1. The van der Waals surface area contributed by atoms with Crippen LogP contribution in [0.5, 0.6) is 0 Å². The standard InChI is InChI=1S/C12H24N2O3S/c1-3-14(18(2,15)16)11-4-9-17-12(10-11)5-7-13-8-6-12/h11,13H,3-10H2,1-2H3. The van der Waals surface area contributed by atoms with E-state index >= 15 is 0 Å². The van der Waals surface area contributed by atoms with E-state index in [1.807, 2.05) is 6.92 Å². The number of nitrogens with zero attached hydrogens (tertiary/aromatic N) is 1. The number of hydrogen-bond acceptors (Lipinski definition) is 4. The van der Waals surface area contributed by atoms with Crippen molar-refractivity contribution >= 4 is 10.0 Å². The van der Waals surface area contributed by atoms with Crippen LogP contribution in [-0.2, 0) is 14.8 Å². The molecule has 1 spiro atoms. The zero-order valence-electron chi connectivity index (χ0n) is 11.3. The number of ether oxygens (including phenoxy) is 1. The minimum absolute atomic E-state index is 0.0910. The molecule has 1 unspecified atom stereocenters. The molecule has 1 N–H and O–H groups in total. The summed E-state index contributed by atoms with van der Waals surface area (Å²) in [6.07, 6.45) is 4.95. The summed E-state index contributed by atoms with van der Waals surface area (Å²) in [6, 6.07) is 0.108. The molecule has 0 aromatic heterocycles. The highest BCUT2D eigenvalue weighted by atomic mass is 32.2. The smallest absolute Gasteiger partial charge is 0.211 e. The highest BCUT2D eigenvalue weighted by Gasteiger charge is 2.41. The lowest BCUT2D eigenvalue weighted by molar-refractivity contribution is -0.112. The molecule has 5 nitrogen and oxygen atoms in total. The van der Waals surface area contributed by atoms with Crippen molar-refractivity contribution in [3.63, 3.8) is 0 Å². The SMILES string of the molecule is CCN(C1CCOC2(CCNCC2)C1)S(C)(=O)=O. The van der Waals surface area contributed by atoms with Crippen LogP contribution in [0.2, 0.25) is 0 Å². The second-order valence-electron chi connectivity index (χ2n) is 5.39. The Morgan fingerprint density at radius 3 is 2.61 bits per heavy atom. The molecule has 2 fully saturated rings. The average molecular weight is 276 g/mol. The fourth-order valence-corrected chi connectivity index (χ4v) is 4.43. The summed E-state index contributed by atoms with van der Waals surface area (Å²) in [5.74, 6) is 0. The predicted molar refractivity (Wildman–Crippen MR) is 71.0 cm³/mol. The monoisotopic (exact) mass is 276 g/mol. The quantitative estimate of drug-likeness (QED) is 0.819. The predicted octanol–water partition coefficient (Wildman–Crippen LogP) is 0.569. The fraction of sp³-hybridized carbons (Fsp3) is 1.00. The summed E-state index contributed by atoms with van der Waals surface area (Å²) >= 11 is 0. The Hall–Kier alpha value is -0.170. The highest BCUT2D eigenvalue weighted by Crippen LogP contribution is 2.35. The van der Waals surface area contributed by atoms with Crippen molar-refractivity contribution in [2.75, 3.05) is 32.5 Å². The second kappa shape index (κ2) is 5.45. The topological polar surface area (TPSA) is 58.6 Å². The maximum Gasteiger partial charge on any atom is 0.211 e. The van der Waals surface area contributed by atoms with Crippen LogP contribution in [0.15, 0.2) is 0 Å². The molecule has 0 aliphatic carbocycles. The maximum absolute atomic E-state index is 11.8. The third-order valence-corrected chi connectivity index (χ3v) is 5.53. The Labute approximate surface area is 110 Å². The van der Waals surface area contributed by atoms with E-state index in [0.717, 1.165) is 38.8 Å². The third kappa shape index (κ3) is 3.04. The summed E-state index contributed by atoms with van der Waals surface area (Å²) in [7, 11) is -3.11. The molecule has 0 aromatic carbocycles. The van der Waals surface area contributed by atoms with Crippen LogP contribution in [0, 0.1) is 0 Å². The van der Waals surface area contributed by atoms with Crippen LogP contribution in [0.1, 0.15) is 32.6 Å². The largest absolute Gasteiger partial charge is 0.375 e. The van der Waals surface area contributed by atoms with Gasteiger partial charge in [0.1, 0.15) is 0 Å². The van der Waals surface area contributed by atoms with Gasteiger partial charge in [-0.05, 0) is 38.8 Å². The van der Waals surface area contributed by atoms with Gasteiger partial charge in [-0.3, -0.25) is 0 Å². The molecule has 2 heterocycles. The first-order valence-electron chi connectivity index (χ1n) is 6.78. The molecule has 0 saturated carbocycles. The van der Waals surface area contributed by atoms with Gasteiger partial charge in [0.15, 0.2) is 0 Å². The Morgan fingerprint density at radius 2 is 2.06 bits per heavy atom. The molecule has 1 atom stereocenters. The molecule has 2 aliphatic heterocycles. The lowest BCUT2D eigenvalue weighted by atomic mass is 9.83. The van der Waals surface area contributed by atoms with Crippen LogP contribution in [-0.4, -0.2) is 56.9 Å². The van der Waals surface area contributed by atoms with Crippen molar-refractivity contribution in [3.8, 4) is 0 Å². The van der Waals surface area contributed by atoms with Crippen LogP contribution >= 0.6 is 0 Å². The van der Waals surface area contributed by atoms with Crippen LogP contribution in [0.3, 0.4) is 0 Å². The van der Waals surface area contributed by atoms with E-state index in [4.69, 9.17) is 4.74 Å². The molecule has 2 rings (SSSR count). The minimum Gasteiger partial charge on any atom is -0.375 e. The molecule has 0 aromatic rings. The van der Waals surface area contributed by atoms with Gasteiger partial charge in [-0.2, -0.15) is 4.31 Å². The van der Waals surface area contributed by atoms with Gasteiger partial charge < -0.3 is 10.1 Å². The summed E-state index contributed by atoms with van der Waals surface area (Å²) in [6.45, 7) is 5.08. The normalized spacial score (nSPS) is 28.7. The van der Waals surface area contributed by atoms with E-state index < -0.39 is 10.0 Å². The number of hydrogen-bond donors (Lipinski definition) is 1. The van der Waals surface area contributed by atoms with Gasteiger partial charge in [0.05, 0.1) is 11.9 Å². The number of rotatable bonds is 3. The van der Waals surface area contributed by atoms with Crippen LogP contribution in [0.25, 0.3) is 0 Å². The van der Waals surface area contributed by atoms with E-state index in [1.54, 1.807) is 4.31 Å². The summed E-state index contributed by atoms with van der Waals surface area (Å²) in [5.41, 5.74) is -0.0910. The summed E-state index contributed by atoms with van der Waals surface area (Å²) < 4.78 is 31.2. The Kier molecular flexibility index (Phi) is 4.31. The molecule has 18 heavy (non-hydrogen) atoms. The minimum atomic E-state index is -3.11. The molecule has 0 radical (unpaired) electrons. The molecule has 2 saturated heterocycles. The molecular formula is C12H24N2O3S. The zero-order valence-corrected chi connectivity index (χ0v) is 12.1. The first-order chi connectivity index (χ1) is 8.47. The zero-order chi connectivity index (χ0) is 13.2. The lowest BCUT2D eigenvalue weighted by Gasteiger charge is -2.45. The highest BCUT2D eigenvalue weighted by molar-refractivity contribution is 7.88. The summed E-state index contributed by atoms with van der Waals surface area (Å²) in [4.78, 5) is 0. The van der Waals surface area contributed by atoms with E-state index in [9.17, 15) is 8.42 Å². The second-order valence-corrected chi connectivity index (χ2v) is 7.33. The number of nitrogens with one attached hydrogen (secondary N) is 1. The van der Waals surface area contributed by atoms with Crippen molar-refractivity contribution < 1.29 is 13.2 Å². The number of piperidine rings is 1. The molecule has 0 bridgehead atoms. The maximum atomic E-state index is 11.8. The Balaban J connectivity index is 2.10. The fourth-order valence-electron chi connectivity index (χ4n) is 3.24. The van der Waals surface area contributed by atoms with Crippen molar-refractivity contribution in [2.45, 2.75) is 44.2 Å². The molecule has 6 heteroatoms. The van der Waals surface area contributed by atoms with Crippen molar-refractivity contribution in [3.05, 3.63) is 0 Å². The molecular weight excluding hydrogens is 252 g/mol. The molecule has 106 valence electrons. The van der Waals surface area contributed by atoms with E-state index in [2.05, 4.69) is 5.32 Å². The van der Waals surface area contributed by atoms with Crippen LogP contribution in [0.4, 0.5) is 0 Å². The van der Waals surface area contributed by atoms with Gasteiger partial charge in [-0.1, -0.05) is 6.92 Å². The molecule has 0 amide bonds. The van der Waals surface area contributed by atoms with E-state index in [1.165, 1.54) is 6.26 Å². The Bertz CT molecular complexity index is 371. The van der Waals surface area contributed by atoms with Gasteiger partial charge in [0, 0.05) is 19.2 Å².